The highest BCUT2D eigenvalue weighted by Gasteiger charge is 2.11. The zero-order valence-electron chi connectivity index (χ0n) is 15.8. The van der Waals surface area contributed by atoms with Gasteiger partial charge in [-0.3, -0.25) is 4.79 Å². The summed E-state index contributed by atoms with van der Waals surface area (Å²) in [5.74, 6) is -0.670. The molecule has 0 saturated heterocycles. The number of allylic oxidation sites excluding steroid dienone is 1. The van der Waals surface area contributed by atoms with E-state index in [1.807, 2.05) is 35.2 Å². The molecule has 0 unspecified atom stereocenters. The summed E-state index contributed by atoms with van der Waals surface area (Å²) in [5, 5.41) is 0.699. The first kappa shape index (κ1) is 21.1. The van der Waals surface area contributed by atoms with Crippen molar-refractivity contribution in [3.05, 3.63) is 118 Å². The smallest absolute Gasteiger partial charge is 0.347 e. The van der Waals surface area contributed by atoms with Crippen LogP contribution in [0.4, 0.5) is 4.39 Å². The van der Waals surface area contributed by atoms with Crippen molar-refractivity contribution in [3.8, 4) is 0 Å². The Labute approximate surface area is 178 Å². The van der Waals surface area contributed by atoms with Crippen LogP contribution >= 0.6 is 0 Å². The third-order valence-corrected chi connectivity index (χ3v) is 4.53. The Morgan fingerprint density at radius 1 is 1.00 bits per heavy atom. The number of nitrogens with zero attached hydrogens (tertiary/aromatic N) is 1. The summed E-state index contributed by atoms with van der Waals surface area (Å²) in [6.45, 7) is 0.612. The average molecular weight is 422 g/mol. The Kier molecular flexibility index (Phi) is 6.54. The van der Waals surface area contributed by atoms with E-state index in [4.69, 9.17) is 4.42 Å². The van der Waals surface area contributed by atoms with Crippen LogP contribution in [-0.2, 0) is 6.54 Å². The molecule has 30 heavy (non-hydrogen) atoms. The number of halogens is 2. The number of carbonyl (C=O) groups excluding carboxylic acids is 1. The molecule has 2 aromatic carbocycles. The third kappa shape index (κ3) is 4.88. The first-order valence-corrected chi connectivity index (χ1v) is 9.07. The van der Waals surface area contributed by atoms with Gasteiger partial charge in [-0.2, -0.15) is 0 Å². The van der Waals surface area contributed by atoms with Crippen LogP contribution in [0, 0.1) is 5.82 Å². The van der Waals surface area contributed by atoms with Gasteiger partial charge in [-0.1, -0.05) is 24.3 Å². The molecule has 0 amide bonds. The SMILES string of the molecule is O=C(/C=C/c1cc[n+](Cc2ccc(F)cc2)cc1)c1cc2ccccc2oc1=O.[Cl-]. The largest absolute Gasteiger partial charge is 1.00 e. The molecule has 0 aliphatic rings. The molecule has 4 aromatic rings. The topological polar surface area (TPSA) is 51.2 Å². The minimum Gasteiger partial charge on any atom is -1.00 e. The van der Waals surface area contributed by atoms with Crippen molar-refractivity contribution < 1.29 is 30.6 Å². The van der Waals surface area contributed by atoms with Crippen molar-refractivity contribution in [3.63, 3.8) is 0 Å². The number of hydrogen-bond donors (Lipinski definition) is 0. The molecule has 0 spiro atoms. The fourth-order valence-electron chi connectivity index (χ4n) is 2.98. The molecule has 0 aliphatic heterocycles. The third-order valence-electron chi connectivity index (χ3n) is 4.53. The fourth-order valence-corrected chi connectivity index (χ4v) is 2.98. The van der Waals surface area contributed by atoms with Crippen LogP contribution in [-0.4, -0.2) is 5.78 Å². The Bertz CT molecular complexity index is 1260. The molecule has 0 saturated carbocycles. The molecule has 2 heterocycles. The van der Waals surface area contributed by atoms with Gasteiger partial charge in [0.1, 0.15) is 17.0 Å². The van der Waals surface area contributed by atoms with Crippen molar-refractivity contribution in [2.75, 3.05) is 0 Å². The molecule has 150 valence electrons. The van der Waals surface area contributed by atoms with Gasteiger partial charge in [0.25, 0.3) is 0 Å². The molecule has 0 N–H and O–H groups in total. The second-order valence-electron chi connectivity index (χ2n) is 6.61. The maximum atomic E-state index is 13.0. The van der Waals surface area contributed by atoms with Crippen LogP contribution in [0.15, 0.2) is 94.4 Å². The zero-order chi connectivity index (χ0) is 20.2. The lowest BCUT2D eigenvalue weighted by Crippen LogP contribution is -3.00. The second kappa shape index (κ2) is 9.29. The van der Waals surface area contributed by atoms with Gasteiger partial charge >= 0.3 is 5.63 Å². The molecule has 0 aliphatic carbocycles. The monoisotopic (exact) mass is 421 g/mol. The number of hydrogen-bond acceptors (Lipinski definition) is 3. The van der Waals surface area contributed by atoms with Gasteiger partial charge in [0.05, 0.1) is 0 Å². The fraction of sp³-hybridized carbons (Fsp3) is 0.0417. The first-order valence-electron chi connectivity index (χ1n) is 9.07. The molecule has 6 heteroatoms. The Hall–Kier alpha value is -3.57. The van der Waals surface area contributed by atoms with Crippen LogP contribution in [0.25, 0.3) is 17.0 Å². The highest BCUT2D eigenvalue weighted by atomic mass is 35.5. The molecule has 4 rings (SSSR count). The number of benzene rings is 2. The molecular formula is C24H17ClFNO3. The quantitative estimate of drug-likeness (QED) is 0.210. The molecule has 2 aromatic heterocycles. The number of pyridine rings is 1. The van der Waals surface area contributed by atoms with Crippen LogP contribution in [0.3, 0.4) is 0 Å². The Balaban J connectivity index is 0.00000256. The molecule has 0 radical (unpaired) electrons. The predicted octanol–water partition coefficient (Wildman–Crippen LogP) is 1.17. The van der Waals surface area contributed by atoms with Gasteiger partial charge < -0.3 is 16.8 Å². The number of aromatic nitrogens is 1. The highest BCUT2D eigenvalue weighted by molar-refractivity contribution is 6.07. The van der Waals surface area contributed by atoms with E-state index in [2.05, 4.69) is 0 Å². The van der Waals surface area contributed by atoms with E-state index in [0.717, 1.165) is 11.1 Å². The number of para-hydroxylation sites is 1. The van der Waals surface area contributed by atoms with E-state index in [-0.39, 0.29) is 23.8 Å². The van der Waals surface area contributed by atoms with Crippen molar-refractivity contribution >= 4 is 22.8 Å². The zero-order valence-corrected chi connectivity index (χ0v) is 16.6. The maximum absolute atomic E-state index is 13.0. The Morgan fingerprint density at radius 3 is 2.43 bits per heavy atom. The van der Waals surface area contributed by atoms with Gasteiger partial charge in [-0.05, 0) is 48.0 Å². The summed E-state index contributed by atoms with van der Waals surface area (Å²) < 4.78 is 20.1. The number of ketones is 1. The van der Waals surface area contributed by atoms with Crippen molar-refractivity contribution in [2.45, 2.75) is 6.54 Å². The van der Waals surface area contributed by atoms with E-state index < -0.39 is 11.4 Å². The predicted molar refractivity (Wildman–Crippen MR) is 108 cm³/mol. The van der Waals surface area contributed by atoms with E-state index in [1.54, 1.807) is 42.5 Å². The standard InChI is InChI=1S/C24H17FNO3.ClH/c25-20-8-5-18(6-9-20)16-26-13-11-17(12-14-26)7-10-22(27)21-15-19-3-1-2-4-23(19)29-24(21)28;/h1-15H,16H2;1H/q+1;/p-1/b10-7+;. The summed E-state index contributed by atoms with van der Waals surface area (Å²) in [7, 11) is 0. The molecule has 0 fully saturated rings. The van der Waals surface area contributed by atoms with Crippen LogP contribution in [0.2, 0.25) is 0 Å². The van der Waals surface area contributed by atoms with Gasteiger partial charge in [0.2, 0.25) is 0 Å². The van der Waals surface area contributed by atoms with Crippen LogP contribution in [0.1, 0.15) is 21.5 Å². The molecule has 4 nitrogen and oxygen atoms in total. The lowest BCUT2D eigenvalue weighted by Gasteiger charge is -1.99. The van der Waals surface area contributed by atoms with E-state index >= 15 is 0 Å². The van der Waals surface area contributed by atoms with E-state index in [9.17, 15) is 14.0 Å². The van der Waals surface area contributed by atoms with E-state index in [0.29, 0.717) is 17.5 Å². The van der Waals surface area contributed by atoms with Crippen molar-refractivity contribution in [2.24, 2.45) is 0 Å². The number of rotatable bonds is 5. The minimum atomic E-state index is -0.649. The number of fused-ring (bicyclic) bond motifs is 1. The van der Waals surface area contributed by atoms with Crippen molar-refractivity contribution in [1.82, 2.24) is 0 Å². The van der Waals surface area contributed by atoms with Gasteiger partial charge in [0.15, 0.2) is 24.7 Å². The molecular weight excluding hydrogens is 405 g/mol. The molecule has 0 bridgehead atoms. The Morgan fingerprint density at radius 2 is 1.70 bits per heavy atom. The highest BCUT2D eigenvalue weighted by Crippen LogP contribution is 2.13. The minimum absolute atomic E-state index is 0. The van der Waals surface area contributed by atoms with Crippen molar-refractivity contribution in [1.29, 1.82) is 0 Å². The number of carbonyl (C=O) groups is 1. The normalized spacial score (nSPS) is 10.8. The summed E-state index contributed by atoms with van der Waals surface area (Å²) in [6.07, 6.45) is 6.76. The van der Waals surface area contributed by atoms with Crippen LogP contribution in [0.5, 0.6) is 0 Å². The van der Waals surface area contributed by atoms with Gasteiger partial charge in [-0.15, -0.1) is 0 Å². The first-order chi connectivity index (χ1) is 14.1. The summed E-state index contributed by atoms with van der Waals surface area (Å²) in [5.41, 5.74) is 1.61. The lowest BCUT2D eigenvalue weighted by molar-refractivity contribution is -0.688. The lowest BCUT2D eigenvalue weighted by atomic mass is 10.1. The van der Waals surface area contributed by atoms with Gasteiger partial charge in [-0.25, -0.2) is 13.8 Å². The summed E-state index contributed by atoms with van der Waals surface area (Å²) in [6, 6.07) is 18.7. The van der Waals surface area contributed by atoms with Gasteiger partial charge in [0, 0.05) is 23.1 Å². The maximum Gasteiger partial charge on any atom is 0.347 e. The summed E-state index contributed by atoms with van der Waals surface area (Å²) >= 11 is 0. The average Bonchev–Trinajstić information content (AvgIpc) is 2.74. The van der Waals surface area contributed by atoms with Crippen LogP contribution < -0.4 is 22.6 Å². The summed E-state index contributed by atoms with van der Waals surface area (Å²) in [4.78, 5) is 24.5. The molecule has 0 atom stereocenters. The van der Waals surface area contributed by atoms with E-state index in [1.165, 1.54) is 18.2 Å². The second-order valence-corrected chi connectivity index (χ2v) is 6.61.